The first-order valence-corrected chi connectivity index (χ1v) is 9.82. The van der Waals surface area contributed by atoms with Crippen LogP contribution in [-0.2, 0) is 13.5 Å². The lowest BCUT2D eigenvalue weighted by Crippen LogP contribution is -2.42. The summed E-state index contributed by atoms with van der Waals surface area (Å²) < 4.78 is 2.03. The van der Waals surface area contributed by atoms with Crippen molar-refractivity contribution >= 4 is 0 Å². The molecule has 25 heavy (non-hydrogen) atoms. The number of hydrogen-bond donors (Lipinski definition) is 0. The van der Waals surface area contributed by atoms with Gasteiger partial charge in [-0.2, -0.15) is 0 Å². The van der Waals surface area contributed by atoms with Crippen LogP contribution in [0.2, 0.25) is 0 Å². The lowest BCUT2D eigenvalue weighted by Gasteiger charge is -2.39. The van der Waals surface area contributed by atoms with E-state index in [-0.39, 0.29) is 0 Å². The summed E-state index contributed by atoms with van der Waals surface area (Å²) in [5, 5.41) is 0. The highest BCUT2D eigenvalue weighted by Crippen LogP contribution is 2.29. The topological polar surface area (TPSA) is 46.8 Å². The Kier molecular flexibility index (Phi) is 5.11. The van der Waals surface area contributed by atoms with Gasteiger partial charge in [-0.05, 0) is 51.1 Å². The molecule has 4 rings (SSSR count). The van der Waals surface area contributed by atoms with Crippen molar-refractivity contribution in [3.05, 3.63) is 30.6 Å². The molecule has 5 heteroatoms. The van der Waals surface area contributed by atoms with Crippen LogP contribution in [-0.4, -0.2) is 43.6 Å². The second-order valence-corrected chi connectivity index (χ2v) is 7.72. The van der Waals surface area contributed by atoms with Gasteiger partial charge < -0.3 is 9.47 Å². The molecule has 2 aliphatic rings. The molecule has 0 unspecified atom stereocenters. The standard InChI is InChI=1S/C20H29N5/c1-24-15-21-14-19(24)20-18(22-9-10-23-20)13-16-7-11-25(12-8-16)17-5-3-2-4-6-17/h9-10,14-17H,2-8,11-13H2,1H3. The minimum Gasteiger partial charge on any atom is -0.332 e. The fourth-order valence-electron chi connectivity index (χ4n) is 4.56. The maximum Gasteiger partial charge on any atom is 0.110 e. The van der Waals surface area contributed by atoms with Gasteiger partial charge in [-0.3, -0.25) is 9.97 Å². The molecule has 0 N–H and O–H groups in total. The van der Waals surface area contributed by atoms with Gasteiger partial charge in [-0.15, -0.1) is 0 Å². The monoisotopic (exact) mass is 339 g/mol. The zero-order chi connectivity index (χ0) is 17.1. The van der Waals surface area contributed by atoms with Crippen LogP contribution in [0.1, 0.15) is 50.6 Å². The predicted molar refractivity (Wildman–Crippen MR) is 99.1 cm³/mol. The van der Waals surface area contributed by atoms with E-state index in [9.17, 15) is 0 Å². The molecule has 0 bridgehead atoms. The van der Waals surface area contributed by atoms with Crippen LogP contribution in [0.3, 0.4) is 0 Å². The number of hydrogen-bond acceptors (Lipinski definition) is 4. The summed E-state index contributed by atoms with van der Waals surface area (Å²) in [7, 11) is 2.02. The van der Waals surface area contributed by atoms with Crippen molar-refractivity contribution in [1.29, 1.82) is 0 Å². The number of imidazole rings is 1. The Morgan fingerprint density at radius 1 is 1.00 bits per heavy atom. The first-order valence-electron chi connectivity index (χ1n) is 9.82. The van der Waals surface area contributed by atoms with Gasteiger partial charge >= 0.3 is 0 Å². The predicted octanol–water partition coefficient (Wildman–Crippen LogP) is 3.46. The summed E-state index contributed by atoms with van der Waals surface area (Å²) in [6.07, 6.45) is 18.1. The van der Waals surface area contributed by atoms with Gasteiger partial charge in [0.15, 0.2) is 0 Å². The fraction of sp³-hybridized carbons (Fsp3) is 0.650. The zero-order valence-electron chi connectivity index (χ0n) is 15.3. The molecule has 3 heterocycles. The number of aromatic nitrogens is 4. The van der Waals surface area contributed by atoms with Crippen LogP contribution in [0.5, 0.6) is 0 Å². The average Bonchev–Trinajstić information content (AvgIpc) is 3.09. The van der Waals surface area contributed by atoms with Crippen LogP contribution < -0.4 is 0 Å². The Hall–Kier alpha value is -1.75. The second kappa shape index (κ2) is 7.65. The van der Waals surface area contributed by atoms with E-state index in [1.54, 1.807) is 6.20 Å². The lowest BCUT2D eigenvalue weighted by molar-refractivity contribution is 0.106. The van der Waals surface area contributed by atoms with Crippen LogP contribution in [0.25, 0.3) is 11.4 Å². The van der Waals surface area contributed by atoms with E-state index in [0.29, 0.717) is 0 Å². The first-order chi connectivity index (χ1) is 12.3. The fourth-order valence-corrected chi connectivity index (χ4v) is 4.56. The molecular formula is C20H29N5. The summed E-state index contributed by atoms with van der Waals surface area (Å²) >= 11 is 0. The summed E-state index contributed by atoms with van der Waals surface area (Å²) in [6.45, 7) is 2.52. The van der Waals surface area contributed by atoms with E-state index in [4.69, 9.17) is 0 Å². The zero-order valence-corrected chi connectivity index (χ0v) is 15.3. The third-order valence-corrected chi connectivity index (χ3v) is 6.06. The van der Waals surface area contributed by atoms with Crippen molar-refractivity contribution in [3.63, 3.8) is 0 Å². The maximum atomic E-state index is 4.66. The second-order valence-electron chi connectivity index (χ2n) is 7.72. The van der Waals surface area contributed by atoms with Gasteiger partial charge in [-0.1, -0.05) is 19.3 Å². The van der Waals surface area contributed by atoms with Crippen LogP contribution in [0.15, 0.2) is 24.9 Å². The summed E-state index contributed by atoms with van der Waals surface area (Å²) in [5.74, 6) is 0.725. The third kappa shape index (κ3) is 3.76. The largest absolute Gasteiger partial charge is 0.332 e. The van der Waals surface area contributed by atoms with Crippen molar-refractivity contribution in [2.45, 2.75) is 57.4 Å². The van der Waals surface area contributed by atoms with Gasteiger partial charge in [0.2, 0.25) is 0 Å². The quantitative estimate of drug-likeness (QED) is 0.856. The molecule has 1 aliphatic carbocycles. The molecule has 0 amide bonds. The van der Waals surface area contributed by atoms with E-state index >= 15 is 0 Å². The molecule has 0 atom stereocenters. The molecule has 2 fully saturated rings. The first kappa shape index (κ1) is 16.7. The van der Waals surface area contributed by atoms with Crippen LogP contribution in [0.4, 0.5) is 0 Å². The molecule has 0 radical (unpaired) electrons. The molecule has 134 valence electrons. The van der Waals surface area contributed by atoms with E-state index < -0.39 is 0 Å². The normalized spacial score (nSPS) is 20.8. The van der Waals surface area contributed by atoms with E-state index in [1.807, 2.05) is 30.3 Å². The molecular weight excluding hydrogens is 310 g/mol. The molecule has 2 aromatic rings. The molecule has 1 saturated heterocycles. The van der Waals surface area contributed by atoms with Crippen LogP contribution >= 0.6 is 0 Å². The number of likely N-dealkylation sites (tertiary alicyclic amines) is 1. The summed E-state index contributed by atoms with van der Waals surface area (Å²) in [4.78, 5) is 16.3. The van der Waals surface area contributed by atoms with Gasteiger partial charge in [0.1, 0.15) is 5.69 Å². The lowest BCUT2D eigenvalue weighted by atomic mass is 9.88. The Balaban J connectivity index is 1.40. The Morgan fingerprint density at radius 3 is 2.48 bits per heavy atom. The van der Waals surface area contributed by atoms with Gasteiger partial charge in [0.05, 0.1) is 23.9 Å². The number of aryl methyl sites for hydroxylation is 1. The van der Waals surface area contributed by atoms with Crippen molar-refractivity contribution in [1.82, 2.24) is 24.4 Å². The summed E-state index contributed by atoms with van der Waals surface area (Å²) in [6, 6.07) is 0.858. The Labute approximate surface area is 150 Å². The molecule has 0 spiro atoms. The van der Waals surface area contributed by atoms with Gasteiger partial charge in [0, 0.05) is 25.5 Å². The molecule has 1 saturated carbocycles. The van der Waals surface area contributed by atoms with E-state index in [2.05, 4.69) is 19.9 Å². The number of rotatable bonds is 4. The van der Waals surface area contributed by atoms with E-state index in [1.165, 1.54) is 58.0 Å². The van der Waals surface area contributed by atoms with Crippen molar-refractivity contribution in [3.8, 4) is 11.4 Å². The average molecular weight is 339 g/mol. The van der Waals surface area contributed by atoms with Crippen molar-refractivity contribution in [2.24, 2.45) is 13.0 Å². The van der Waals surface area contributed by atoms with Gasteiger partial charge in [-0.25, -0.2) is 4.98 Å². The highest BCUT2D eigenvalue weighted by Gasteiger charge is 2.27. The highest BCUT2D eigenvalue weighted by molar-refractivity contribution is 5.56. The SMILES string of the molecule is Cn1cncc1-c1nccnc1CC1CCN(C2CCCCC2)CC1. The number of nitrogens with zero attached hydrogens (tertiary/aromatic N) is 5. The number of piperidine rings is 1. The third-order valence-electron chi connectivity index (χ3n) is 6.06. The molecule has 5 nitrogen and oxygen atoms in total. The summed E-state index contributed by atoms with van der Waals surface area (Å²) in [5.41, 5.74) is 3.18. The Morgan fingerprint density at radius 2 is 1.76 bits per heavy atom. The smallest absolute Gasteiger partial charge is 0.110 e. The van der Waals surface area contributed by atoms with Crippen molar-refractivity contribution < 1.29 is 0 Å². The molecule has 1 aliphatic heterocycles. The molecule has 0 aromatic carbocycles. The minimum absolute atomic E-state index is 0.725. The van der Waals surface area contributed by atoms with Gasteiger partial charge in [0.25, 0.3) is 0 Å². The Bertz CT molecular complexity index is 681. The molecule has 2 aromatic heterocycles. The van der Waals surface area contributed by atoms with Crippen molar-refractivity contribution in [2.75, 3.05) is 13.1 Å². The van der Waals surface area contributed by atoms with E-state index in [0.717, 1.165) is 35.5 Å². The van der Waals surface area contributed by atoms with Crippen LogP contribution in [0, 0.1) is 5.92 Å². The highest BCUT2D eigenvalue weighted by atomic mass is 15.2. The maximum absolute atomic E-state index is 4.66. The minimum atomic E-state index is 0.725.